The van der Waals surface area contributed by atoms with E-state index in [1.54, 1.807) is 0 Å². The molecule has 2 aromatic heterocycles. The monoisotopic (exact) mass is 289 g/mol. The minimum atomic E-state index is -1.07. The third kappa shape index (κ3) is 2.31. The van der Waals surface area contributed by atoms with Gasteiger partial charge in [-0.25, -0.2) is 23.7 Å². The number of aromatic nitrogens is 4. The maximum absolute atomic E-state index is 13.1. The van der Waals surface area contributed by atoms with Crippen molar-refractivity contribution in [1.29, 1.82) is 0 Å². The number of nitrogens with zero attached hydrogens (tertiary/aromatic N) is 4. The van der Waals surface area contributed by atoms with Crippen LogP contribution in [-0.4, -0.2) is 25.3 Å². The Morgan fingerprint density at radius 2 is 2.00 bits per heavy atom. The molecule has 2 N–H and O–H groups in total. The smallest absolute Gasteiger partial charge is 0.182 e. The summed E-state index contributed by atoms with van der Waals surface area (Å²) < 4.78 is 27.5. The fourth-order valence-electron chi connectivity index (χ4n) is 1.93. The lowest BCUT2D eigenvalue weighted by Gasteiger charge is -2.04. The minimum Gasteiger partial charge on any atom is -0.382 e. The molecule has 106 valence electrons. The standard InChI is InChI=1S/C13H9F2N5O/c14-8-2-1-7(3-9(8)15)10(21)4-20-6-19-11-12(16)17-5-18-13(11)20/h1-3,5-6H,4H2,(H2,16,17,18). The molecule has 0 spiro atoms. The number of hydrogen-bond acceptors (Lipinski definition) is 5. The second-order valence-corrected chi connectivity index (χ2v) is 4.36. The van der Waals surface area contributed by atoms with Gasteiger partial charge < -0.3 is 10.3 Å². The van der Waals surface area contributed by atoms with Crippen molar-refractivity contribution in [3.05, 3.63) is 48.1 Å². The van der Waals surface area contributed by atoms with Crippen molar-refractivity contribution in [3.8, 4) is 0 Å². The molecule has 21 heavy (non-hydrogen) atoms. The number of rotatable bonds is 3. The van der Waals surface area contributed by atoms with E-state index in [1.807, 2.05) is 0 Å². The summed E-state index contributed by atoms with van der Waals surface area (Å²) in [5.74, 6) is -2.26. The average molecular weight is 289 g/mol. The van der Waals surface area contributed by atoms with Crippen molar-refractivity contribution in [1.82, 2.24) is 19.5 Å². The number of Topliss-reactive ketones (excluding diaryl/α,β-unsaturated/α-hetero) is 1. The summed E-state index contributed by atoms with van der Waals surface area (Å²) in [6, 6.07) is 3.00. The van der Waals surface area contributed by atoms with Gasteiger partial charge >= 0.3 is 0 Å². The van der Waals surface area contributed by atoms with Crippen molar-refractivity contribution in [2.45, 2.75) is 6.54 Å². The number of nitrogen functional groups attached to an aromatic ring is 1. The van der Waals surface area contributed by atoms with Gasteiger partial charge in [-0.2, -0.15) is 0 Å². The van der Waals surface area contributed by atoms with E-state index in [0.717, 1.165) is 12.1 Å². The molecule has 1 aromatic carbocycles. The van der Waals surface area contributed by atoms with Gasteiger partial charge in [-0.3, -0.25) is 4.79 Å². The maximum Gasteiger partial charge on any atom is 0.182 e. The quantitative estimate of drug-likeness (QED) is 0.739. The van der Waals surface area contributed by atoms with E-state index in [1.165, 1.54) is 23.3 Å². The van der Waals surface area contributed by atoms with Gasteiger partial charge in [0.1, 0.15) is 11.8 Å². The number of carbonyl (C=O) groups is 1. The molecule has 3 rings (SSSR count). The van der Waals surface area contributed by atoms with Crippen LogP contribution in [0.3, 0.4) is 0 Å². The van der Waals surface area contributed by atoms with Gasteiger partial charge in [-0.1, -0.05) is 0 Å². The molecule has 0 fully saturated rings. The first-order valence-electron chi connectivity index (χ1n) is 5.96. The van der Waals surface area contributed by atoms with E-state index in [4.69, 9.17) is 5.73 Å². The van der Waals surface area contributed by atoms with Crippen LogP contribution in [0.25, 0.3) is 11.2 Å². The third-order valence-electron chi connectivity index (χ3n) is 2.99. The zero-order chi connectivity index (χ0) is 15.0. The van der Waals surface area contributed by atoms with Gasteiger partial charge in [-0.05, 0) is 18.2 Å². The molecule has 0 amide bonds. The molecule has 6 nitrogen and oxygen atoms in total. The van der Waals surface area contributed by atoms with E-state index in [-0.39, 0.29) is 17.9 Å². The molecular formula is C13H9F2N5O. The van der Waals surface area contributed by atoms with Crippen LogP contribution in [0.4, 0.5) is 14.6 Å². The molecule has 0 aliphatic rings. The number of imidazole rings is 1. The highest BCUT2D eigenvalue weighted by Crippen LogP contribution is 2.15. The topological polar surface area (TPSA) is 86.7 Å². The van der Waals surface area contributed by atoms with E-state index < -0.39 is 17.4 Å². The number of hydrogen-bond donors (Lipinski definition) is 1. The van der Waals surface area contributed by atoms with Crippen LogP contribution in [0.5, 0.6) is 0 Å². The molecule has 0 saturated heterocycles. The lowest BCUT2D eigenvalue weighted by Crippen LogP contribution is -2.11. The largest absolute Gasteiger partial charge is 0.382 e. The highest BCUT2D eigenvalue weighted by molar-refractivity contribution is 5.96. The molecule has 0 atom stereocenters. The molecule has 0 aliphatic heterocycles. The normalized spacial score (nSPS) is 11.0. The lowest BCUT2D eigenvalue weighted by molar-refractivity contribution is 0.0972. The Morgan fingerprint density at radius 1 is 1.19 bits per heavy atom. The molecule has 0 aliphatic carbocycles. The molecule has 0 bridgehead atoms. The van der Waals surface area contributed by atoms with Gasteiger partial charge in [0.2, 0.25) is 0 Å². The minimum absolute atomic E-state index is 0.0674. The Labute approximate surface area is 117 Å². The first kappa shape index (κ1) is 13.1. The van der Waals surface area contributed by atoms with Crippen LogP contribution in [0.2, 0.25) is 0 Å². The summed E-state index contributed by atoms with van der Waals surface area (Å²) in [4.78, 5) is 23.9. The number of carbonyl (C=O) groups excluding carboxylic acids is 1. The van der Waals surface area contributed by atoms with Crippen molar-refractivity contribution in [2.75, 3.05) is 5.73 Å². The molecule has 3 aromatic rings. The molecule has 0 radical (unpaired) electrons. The van der Waals surface area contributed by atoms with Crippen molar-refractivity contribution >= 4 is 22.8 Å². The van der Waals surface area contributed by atoms with Crippen LogP contribution >= 0.6 is 0 Å². The Balaban J connectivity index is 1.93. The summed E-state index contributed by atoms with van der Waals surface area (Å²) >= 11 is 0. The van der Waals surface area contributed by atoms with Gasteiger partial charge in [0.05, 0.1) is 12.9 Å². The predicted molar refractivity (Wildman–Crippen MR) is 70.4 cm³/mol. The molecule has 0 saturated carbocycles. The summed E-state index contributed by atoms with van der Waals surface area (Å²) in [7, 11) is 0. The highest BCUT2D eigenvalue weighted by atomic mass is 19.2. The number of ketones is 1. The number of anilines is 1. The fourth-order valence-corrected chi connectivity index (χ4v) is 1.93. The molecular weight excluding hydrogens is 280 g/mol. The second kappa shape index (κ2) is 4.89. The second-order valence-electron chi connectivity index (χ2n) is 4.36. The average Bonchev–Trinajstić information content (AvgIpc) is 2.86. The molecule has 2 heterocycles. The van der Waals surface area contributed by atoms with Crippen LogP contribution in [0.1, 0.15) is 10.4 Å². The van der Waals surface area contributed by atoms with Gasteiger partial charge in [0.15, 0.2) is 28.9 Å². The highest BCUT2D eigenvalue weighted by Gasteiger charge is 2.14. The number of fused-ring (bicyclic) bond motifs is 1. The Kier molecular flexibility index (Phi) is 3.05. The predicted octanol–water partition coefficient (Wildman–Crippen LogP) is 1.57. The molecule has 8 heteroatoms. The van der Waals surface area contributed by atoms with E-state index in [0.29, 0.717) is 11.2 Å². The lowest BCUT2D eigenvalue weighted by atomic mass is 10.1. The van der Waals surface area contributed by atoms with Crippen molar-refractivity contribution in [2.24, 2.45) is 0 Å². The number of halogens is 2. The van der Waals surface area contributed by atoms with Crippen molar-refractivity contribution < 1.29 is 13.6 Å². The SMILES string of the molecule is Nc1ncnc2c1ncn2CC(=O)c1ccc(F)c(F)c1. The third-order valence-corrected chi connectivity index (χ3v) is 2.99. The zero-order valence-corrected chi connectivity index (χ0v) is 10.6. The van der Waals surface area contributed by atoms with Gasteiger partial charge in [0, 0.05) is 5.56 Å². The van der Waals surface area contributed by atoms with E-state index in [9.17, 15) is 13.6 Å². The first-order chi connectivity index (χ1) is 10.1. The van der Waals surface area contributed by atoms with Crippen molar-refractivity contribution in [3.63, 3.8) is 0 Å². The van der Waals surface area contributed by atoms with E-state index in [2.05, 4.69) is 15.0 Å². The Bertz CT molecular complexity index is 846. The van der Waals surface area contributed by atoms with Crippen LogP contribution in [-0.2, 0) is 6.54 Å². The Morgan fingerprint density at radius 3 is 2.76 bits per heavy atom. The first-order valence-corrected chi connectivity index (χ1v) is 5.96. The van der Waals surface area contributed by atoms with Crippen LogP contribution < -0.4 is 5.73 Å². The summed E-state index contributed by atoms with van der Waals surface area (Å²) in [6.45, 7) is -0.113. The van der Waals surface area contributed by atoms with Gasteiger partial charge in [-0.15, -0.1) is 0 Å². The van der Waals surface area contributed by atoms with E-state index >= 15 is 0 Å². The molecule has 0 unspecified atom stereocenters. The number of benzene rings is 1. The zero-order valence-electron chi connectivity index (χ0n) is 10.6. The van der Waals surface area contributed by atoms with Gasteiger partial charge in [0.25, 0.3) is 0 Å². The fraction of sp³-hybridized carbons (Fsp3) is 0.0769. The number of nitrogens with two attached hydrogens (primary N) is 1. The van der Waals surface area contributed by atoms with Crippen LogP contribution in [0.15, 0.2) is 30.9 Å². The maximum atomic E-state index is 13.1. The van der Waals surface area contributed by atoms with Crippen LogP contribution in [0, 0.1) is 11.6 Å². The summed E-state index contributed by atoms with van der Waals surface area (Å²) in [6.07, 6.45) is 2.66. The Hall–Kier alpha value is -2.90. The summed E-state index contributed by atoms with van der Waals surface area (Å²) in [5.41, 5.74) is 6.50. The summed E-state index contributed by atoms with van der Waals surface area (Å²) in [5, 5.41) is 0.